The molecule has 1 aliphatic heterocycles. The molecule has 5 nitrogen and oxygen atoms in total. The topological polar surface area (TPSA) is 75.3 Å². The summed E-state index contributed by atoms with van der Waals surface area (Å²) in [6, 6.07) is 6.44. The lowest BCUT2D eigenvalue weighted by Crippen LogP contribution is -2.45. The van der Waals surface area contributed by atoms with Gasteiger partial charge in [-0.25, -0.2) is 8.42 Å². The van der Waals surface area contributed by atoms with Crippen molar-refractivity contribution in [3.05, 3.63) is 29.8 Å². The lowest BCUT2D eigenvalue weighted by molar-refractivity contribution is 0.0927. The van der Waals surface area contributed by atoms with Crippen LogP contribution < -0.4 is 10.6 Å². The zero-order valence-corrected chi connectivity index (χ0v) is 12.4. The molecule has 1 atom stereocenters. The maximum absolute atomic E-state index is 12.3. The first-order chi connectivity index (χ1) is 9.54. The van der Waals surface area contributed by atoms with Crippen LogP contribution in [0.25, 0.3) is 0 Å². The second kappa shape index (κ2) is 6.37. The summed E-state index contributed by atoms with van der Waals surface area (Å²) in [6.45, 7) is 3.27. The van der Waals surface area contributed by atoms with E-state index in [9.17, 15) is 13.2 Å². The molecule has 0 spiro atoms. The molecule has 0 bridgehead atoms. The van der Waals surface area contributed by atoms with Crippen LogP contribution in [-0.2, 0) is 9.84 Å². The molecule has 110 valence electrons. The van der Waals surface area contributed by atoms with Crippen LogP contribution in [0, 0.1) is 0 Å². The largest absolute Gasteiger partial charge is 0.348 e. The molecule has 1 amide bonds. The summed E-state index contributed by atoms with van der Waals surface area (Å²) in [5.41, 5.74) is 0.236. The van der Waals surface area contributed by atoms with E-state index < -0.39 is 9.84 Å². The molecule has 20 heavy (non-hydrogen) atoms. The van der Waals surface area contributed by atoms with Gasteiger partial charge in [-0.05, 0) is 31.5 Å². The van der Waals surface area contributed by atoms with Gasteiger partial charge >= 0.3 is 0 Å². The van der Waals surface area contributed by atoms with Gasteiger partial charge in [-0.15, -0.1) is 0 Å². The number of nitrogens with one attached hydrogen (secondary N) is 2. The first kappa shape index (κ1) is 15.0. The van der Waals surface area contributed by atoms with Crippen molar-refractivity contribution in [2.45, 2.75) is 30.7 Å². The smallest absolute Gasteiger partial charge is 0.252 e. The SMILES string of the molecule is CCS(=O)(=O)c1ccccc1C(=O)N[C@H]1CCCNC1. The fourth-order valence-electron chi connectivity index (χ4n) is 2.32. The Labute approximate surface area is 119 Å². The Balaban J connectivity index is 2.21. The van der Waals surface area contributed by atoms with E-state index in [0.717, 1.165) is 25.9 Å². The Morgan fingerprint density at radius 1 is 1.40 bits per heavy atom. The molecule has 0 aromatic heterocycles. The van der Waals surface area contributed by atoms with Gasteiger partial charge in [0.2, 0.25) is 0 Å². The minimum atomic E-state index is -3.39. The van der Waals surface area contributed by atoms with E-state index in [-0.39, 0.29) is 28.2 Å². The number of hydrogen-bond donors (Lipinski definition) is 2. The molecule has 1 aromatic rings. The Morgan fingerprint density at radius 3 is 2.80 bits per heavy atom. The van der Waals surface area contributed by atoms with Crippen LogP contribution >= 0.6 is 0 Å². The monoisotopic (exact) mass is 296 g/mol. The molecule has 1 fully saturated rings. The van der Waals surface area contributed by atoms with E-state index in [1.807, 2.05) is 0 Å². The standard InChI is InChI=1S/C14H20N2O3S/c1-2-20(18,19)13-8-4-3-7-12(13)14(17)16-11-6-5-9-15-10-11/h3-4,7-8,11,15H,2,5-6,9-10H2,1H3,(H,16,17)/t11-/m0/s1. The summed E-state index contributed by atoms with van der Waals surface area (Å²) < 4.78 is 24.1. The average molecular weight is 296 g/mol. The Hall–Kier alpha value is -1.40. The van der Waals surface area contributed by atoms with Crippen LogP contribution in [0.4, 0.5) is 0 Å². The quantitative estimate of drug-likeness (QED) is 0.868. The predicted octanol–water partition coefficient (Wildman–Crippen LogP) is 0.962. The number of rotatable bonds is 4. The lowest BCUT2D eigenvalue weighted by Gasteiger charge is -2.24. The minimum Gasteiger partial charge on any atom is -0.348 e. The highest BCUT2D eigenvalue weighted by atomic mass is 32.2. The number of piperidine rings is 1. The minimum absolute atomic E-state index is 0.0116. The Morgan fingerprint density at radius 2 is 2.15 bits per heavy atom. The van der Waals surface area contributed by atoms with Gasteiger partial charge in [-0.2, -0.15) is 0 Å². The molecular formula is C14H20N2O3S. The third kappa shape index (κ3) is 3.37. The van der Waals surface area contributed by atoms with E-state index in [4.69, 9.17) is 0 Å². The van der Waals surface area contributed by atoms with E-state index in [0.29, 0.717) is 0 Å². The van der Waals surface area contributed by atoms with Gasteiger partial charge < -0.3 is 10.6 Å². The fourth-order valence-corrected chi connectivity index (χ4v) is 3.41. The highest BCUT2D eigenvalue weighted by molar-refractivity contribution is 7.91. The van der Waals surface area contributed by atoms with Gasteiger partial charge in [0.15, 0.2) is 9.84 Å². The van der Waals surface area contributed by atoms with Crippen LogP contribution in [0.3, 0.4) is 0 Å². The highest BCUT2D eigenvalue weighted by Crippen LogP contribution is 2.17. The van der Waals surface area contributed by atoms with Crippen molar-refractivity contribution in [3.63, 3.8) is 0 Å². The summed E-state index contributed by atoms with van der Waals surface area (Å²) in [5.74, 6) is -0.325. The van der Waals surface area contributed by atoms with Gasteiger partial charge in [-0.3, -0.25) is 4.79 Å². The zero-order valence-electron chi connectivity index (χ0n) is 11.6. The van der Waals surface area contributed by atoms with Crippen molar-refractivity contribution in [3.8, 4) is 0 Å². The van der Waals surface area contributed by atoms with Crippen LogP contribution in [0.2, 0.25) is 0 Å². The molecule has 0 saturated carbocycles. The number of benzene rings is 1. The molecule has 1 aliphatic rings. The third-order valence-corrected chi connectivity index (χ3v) is 5.27. The van der Waals surface area contributed by atoms with Gasteiger partial charge in [-0.1, -0.05) is 19.1 Å². The van der Waals surface area contributed by atoms with Gasteiger partial charge in [0.05, 0.1) is 16.2 Å². The third-order valence-electron chi connectivity index (χ3n) is 3.48. The van der Waals surface area contributed by atoms with Gasteiger partial charge in [0.25, 0.3) is 5.91 Å². The summed E-state index contributed by atoms with van der Waals surface area (Å²) in [4.78, 5) is 12.4. The van der Waals surface area contributed by atoms with Crippen LogP contribution in [0.5, 0.6) is 0 Å². The number of carbonyl (C=O) groups excluding carboxylic acids is 1. The second-order valence-electron chi connectivity index (χ2n) is 4.92. The zero-order chi connectivity index (χ0) is 14.6. The molecule has 2 rings (SSSR count). The van der Waals surface area contributed by atoms with Crippen molar-refractivity contribution in [1.82, 2.24) is 10.6 Å². The van der Waals surface area contributed by atoms with E-state index >= 15 is 0 Å². The summed E-state index contributed by atoms with van der Waals surface area (Å²) >= 11 is 0. The van der Waals surface area contributed by atoms with Crippen molar-refractivity contribution in [2.75, 3.05) is 18.8 Å². The molecule has 1 saturated heterocycles. The van der Waals surface area contributed by atoms with E-state index in [1.54, 1.807) is 25.1 Å². The molecule has 0 aliphatic carbocycles. The van der Waals surface area contributed by atoms with Crippen LogP contribution in [-0.4, -0.2) is 39.2 Å². The highest BCUT2D eigenvalue weighted by Gasteiger charge is 2.22. The van der Waals surface area contributed by atoms with E-state index in [2.05, 4.69) is 10.6 Å². The summed E-state index contributed by atoms with van der Waals surface area (Å²) in [6.07, 6.45) is 1.93. The Bertz CT molecular complexity index is 578. The molecule has 1 heterocycles. The number of carbonyl (C=O) groups is 1. The van der Waals surface area contributed by atoms with Crippen molar-refractivity contribution in [2.24, 2.45) is 0 Å². The normalized spacial score (nSPS) is 19.6. The van der Waals surface area contributed by atoms with Crippen molar-refractivity contribution >= 4 is 15.7 Å². The number of hydrogen-bond acceptors (Lipinski definition) is 4. The molecule has 6 heteroatoms. The molecular weight excluding hydrogens is 276 g/mol. The lowest BCUT2D eigenvalue weighted by atomic mass is 10.1. The molecule has 0 unspecified atom stereocenters. The van der Waals surface area contributed by atoms with Crippen molar-refractivity contribution in [1.29, 1.82) is 0 Å². The maximum atomic E-state index is 12.3. The van der Waals surface area contributed by atoms with Gasteiger partial charge in [0.1, 0.15) is 0 Å². The maximum Gasteiger partial charge on any atom is 0.252 e. The van der Waals surface area contributed by atoms with Crippen molar-refractivity contribution < 1.29 is 13.2 Å². The predicted molar refractivity (Wildman–Crippen MR) is 77.5 cm³/mol. The number of sulfone groups is 1. The average Bonchev–Trinajstić information content (AvgIpc) is 2.48. The van der Waals surface area contributed by atoms with Crippen LogP contribution in [0.15, 0.2) is 29.2 Å². The first-order valence-corrected chi connectivity index (χ1v) is 8.53. The second-order valence-corrected chi connectivity index (χ2v) is 7.16. The molecule has 1 aromatic carbocycles. The van der Waals surface area contributed by atoms with Gasteiger partial charge in [0, 0.05) is 12.6 Å². The number of amides is 1. The summed E-state index contributed by atoms with van der Waals surface area (Å²) in [7, 11) is -3.39. The fraction of sp³-hybridized carbons (Fsp3) is 0.500. The molecule has 0 radical (unpaired) electrons. The van der Waals surface area contributed by atoms with Crippen LogP contribution in [0.1, 0.15) is 30.1 Å². The first-order valence-electron chi connectivity index (χ1n) is 6.88. The summed E-state index contributed by atoms with van der Waals surface area (Å²) in [5, 5.41) is 6.12. The molecule has 2 N–H and O–H groups in total. The van der Waals surface area contributed by atoms with E-state index in [1.165, 1.54) is 6.07 Å². The Kier molecular flexibility index (Phi) is 4.77.